The number of alkyl halides is 2. The Morgan fingerprint density at radius 2 is 1.93 bits per heavy atom. The number of carbonyl (C=O) groups is 1. The predicted octanol–water partition coefficient (Wildman–Crippen LogP) is 5.54. The summed E-state index contributed by atoms with van der Waals surface area (Å²) < 4.78 is 53.3. The molecule has 0 spiro atoms. The van der Waals surface area contributed by atoms with Crippen molar-refractivity contribution in [3.63, 3.8) is 0 Å². The molecule has 0 atom stereocenters. The summed E-state index contributed by atoms with van der Waals surface area (Å²) in [5.74, 6) is -1.75. The van der Waals surface area contributed by atoms with Crippen LogP contribution in [0.25, 0.3) is 15.9 Å². The highest BCUT2D eigenvalue weighted by atomic mass is 32.1. The van der Waals surface area contributed by atoms with Gasteiger partial charge in [0.05, 0.1) is 34.4 Å². The molecule has 0 amide bonds. The van der Waals surface area contributed by atoms with E-state index in [-0.39, 0.29) is 35.5 Å². The first kappa shape index (κ1) is 26.7. The van der Waals surface area contributed by atoms with Crippen LogP contribution in [0.5, 0.6) is 5.75 Å². The van der Waals surface area contributed by atoms with Gasteiger partial charge in [-0.1, -0.05) is 17.3 Å². The van der Waals surface area contributed by atoms with Gasteiger partial charge in [-0.2, -0.15) is 8.78 Å². The molecule has 2 aromatic heterocycles. The van der Waals surface area contributed by atoms with Crippen molar-refractivity contribution in [1.82, 2.24) is 20.0 Å². The van der Waals surface area contributed by atoms with Crippen LogP contribution in [0.4, 0.5) is 13.2 Å². The van der Waals surface area contributed by atoms with E-state index in [0.29, 0.717) is 46.8 Å². The highest BCUT2D eigenvalue weighted by Crippen LogP contribution is 2.44. The number of rotatable bonds is 9. The van der Waals surface area contributed by atoms with Crippen molar-refractivity contribution in [1.29, 1.82) is 0 Å². The molecule has 2 aliphatic carbocycles. The Balaban J connectivity index is 1.17. The van der Waals surface area contributed by atoms with Crippen LogP contribution in [-0.2, 0) is 16.9 Å². The average Bonchev–Trinajstić information content (AvgIpc) is 3.52. The van der Waals surface area contributed by atoms with E-state index in [1.165, 1.54) is 16.8 Å². The topological polar surface area (TPSA) is 120 Å². The fourth-order valence-electron chi connectivity index (χ4n) is 5.10. The van der Waals surface area contributed by atoms with E-state index in [2.05, 4.69) is 15.3 Å². The van der Waals surface area contributed by atoms with Gasteiger partial charge in [0.15, 0.2) is 11.6 Å². The molecule has 2 aliphatic rings. The number of carboxylic acids is 1. The van der Waals surface area contributed by atoms with Crippen LogP contribution in [0, 0.1) is 5.82 Å². The van der Waals surface area contributed by atoms with Crippen molar-refractivity contribution in [2.45, 2.75) is 69.4 Å². The highest BCUT2D eigenvalue weighted by Gasteiger charge is 2.39. The first-order valence-corrected chi connectivity index (χ1v) is 13.7. The van der Waals surface area contributed by atoms with Gasteiger partial charge in [0.1, 0.15) is 21.8 Å². The van der Waals surface area contributed by atoms with Crippen LogP contribution in [-0.4, -0.2) is 48.9 Å². The van der Waals surface area contributed by atoms with Gasteiger partial charge < -0.3 is 19.7 Å². The molecule has 210 valence electrons. The molecule has 2 saturated carbocycles. The largest absolute Gasteiger partial charge is 0.478 e. The minimum absolute atomic E-state index is 0.0172. The monoisotopic (exact) mass is 574 g/mol. The third-order valence-corrected chi connectivity index (χ3v) is 8.57. The fourth-order valence-corrected chi connectivity index (χ4v) is 6.27. The molecule has 2 aromatic carbocycles. The standard InChI is InChI=1S/C27H25F3N4O5S/c28-17-11-15(24(35)36)12-21-23(17)31-25(40-21)27(37)9-7-16(8-10-27)38-13-19-22(14-5-6-14)32-33-34(19)18-3-1-2-4-20(18)39-26(29)30/h1-4,11-12,14,16,26,37H,5-10,13H2,(H,35,36). The smallest absolute Gasteiger partial charge is 0.387 e. The zero-order valence-corrected chi connectivity index (χ0v) is 21.9. The second-order valence-electron chi connectivity index (χ2n) is 10.1. The average molecular weight is 575 g/mol. The minimum Gasteiger partial charge on any atom is -0.478 e. The van der Waals surface area contributed by atoms with Crippen molar-refractivity contribution in [3.05, 3.63) is 64.2 Å². The molecule has 2 N–H and O–H groups in total. The molecule has 0 radical (unpaired) electrons. The number of para-hydroxylation sites is 2. The van der Waals surface area contributed by atoms with Gasteiger partial charge in [-0.05, 0) is 62.8 Å². The zero-order valence-electron chi connectivity index (χ0n) is 21.1. The van der Waals surface area contributed by atoms with Crippen LogP contribution in [0.3, 0.4) is 0 Å². The first-order valence-electron chi connectivity index (χ1n) is 12.9. The van der Waals surface area contributed by atoms with Crippen LogP contribution in [0.2, 0.25) is 0 Å². The van der Waals surface area contributed by atoms with Crippen molar-refractivity contribution >= 4 is 27.5 Å². The molecule has 0 saturated heterocycles. The predicted molar refractivity (Wildman–Crippen MR) is 137 cm³/mol. The summed E-state index contributed by atoms with van der Waals surface area (Å²) in [6, 6.07) is 8.67. The summed E-state index contributed by atoms with van der Waals surface area (Å²) in [7, 11) is 0. The van der Waals surface area contributed by atoms with Crippen LogP contribution < -0.4 is 4.74 Å². The number of benzene rings is 2. The van der Waals surface area contributed by atoms with Gasteiger partial charge in [0.25, 0.3) is 0 Å². The summed E-state index contributed by atoms with van der Waals surface area (Å²) in [4.78, 5) is 15.6. The number of aliphatic hydroxyl groups is 1. The maximum absolute atomic E-state index is 14.5. The van der Waals surface area contributed by atoms with E-state index in [4.69, 9.17) is 9.47 Å². The van der Waals surface area contributed by atoms with Gasteiger partial charge in [-0.15, -0.1) is 16.4 Å². The lowest BCUT2D eigenvalue weighted by molar-refractivity contribution is -0.0649. The Kier molecular flexibility index (Phi) is 6.97. The van der Waals surface area contributed by atoms with E-state index in [0.717, 1.165) is 35.9 Å². The number of hydrogen-bond acceptors (Lipinski definition) is 8. The summed E-state index contributed by atoms with van der Waals surface area (Å²) in [6.07, 6.45) is 3.38. The Morgan fingerprint density at radius 3 is 2.62 bits per heavy atom. The number of halogens is 3. The molecule has 0 unspecified atom stereocenters. The second kappa shape index (κ2) is 10.5. The second-order valence-corrected chi connectivity index (χ2v) is 11.2. The van der Waals surface area contributed by atoms with Crippen molar-refractivity contribution in [2.75, 3.05) is 0 Å². The first-order chi connectivity index (χ1) is 19.2. The normalized spacial score (nSPS) is 21.3. The van der Waals surface area contributed by atoms with Gasteiger partial charge in [0.2, 0.25) is 0 Å². The van der Waals surface area contributed by atoms with Gasteiger partial charge in [-0.3, -0.25) is 0 Å². The minimum atomic E-state index is -2.99. The Hall–Kier alpha value is -3.55. The number of ether oxygens (including phenoxy) is 2. The van der Waals surface area contributed by atoms with Crippen molar-refractivity contribution in [2.24, 2.45) is 0 Å². The molecule has 9 nitrogen and oxygen atoms in total. The van der Waals surface area contributed by atoms with Crippen molar-refractivity contribution < 1.29 is 37.7 Å². The lowest BCUT2D eigenvalue weighted by Gasteiger charge is -2.34. The molecule has 40 heavy (non-hydrogen) atoms. The molecule has 0 aliphatic heterocycles. The number of thiazole rings is 1. The van der Waals surface area contributed by atoms with Gasteiger partial charge in [0, 0.05) is 5.92 Å². The number of aromatic carboxylic acids is 1. The molecule has 4 aromatic rings. The number of fused-ring (bicyclic) bond motifs is 1. The molecular formula is C27H25F3N4O5S. The Labute approximate surface area is 230 Å². The maximum atomic E-state index is 14.5. The van der Waals surface area contributed by atoms with Crippen LogP contribution in [0.1, 0.15) is 71.2 Å². The summed E-state index contributed by atoms with van der Waals surface area (Å²) in [5, 5.41) is 29.5. The van der Waals surface area contributed by atoms with E-state index in [9.17, 15) is 28.2 Å². The molecule has 2 fully saturated rings. The third-order valence-electron chi connectivity index (χ3n) is 7.38. The van der Waals surface area contributed by atoms with Crippen LogP contribution >= 0.6 is 11.3 Å². The number of carboxylic acid groups (broad SMARTS) is 1. The van der Waals surface area contributed by atoms with E-state index < -0.39 is 24.0 Å². The third kappa shape index (κ3) is 5.16. The Bertz CT molecular complexity index is 1560. The Morgan fingerprint density at radius 1 is 1.18 bits per heavy atom. The molecular weight excluding hydrogens is 549 g/mol. The summed E-state index contributed by atoms with van der Waals surface area (Å²) >= 11 is 1.09. The van der Waals surface area contributed by atoms with Gasteiger partial charge >= 0.3 is 12.6 Å². The highest BCUT2D eigenvalue weighted by molar-refractivity contribution is 7.18. The SMILES string of the molecule is O=C(O)c1cc(F)c2nc(C3(O)CCC(OCc4c(C5CC5)nnn4-c4ccccc4OC(F)F)CC3)sc2c1. The van der Waals surface area contributed by atoms with E-state index >= 15 is 0 Å². The number of hydrogen-bond donors (Lipinski definition) is 2. The lowest BCUT2D eigenvalue weighted by atomic mass is 9.83. The fraction of sp³-hybridized carbons (Fsp3) is 0.407. The molecule has 13 heteroatoms. The maximum Gasteiger partial charge on any atom is 0.387 e. The van der Waals surface area contributed by atoms with E-state index in [1.54, 1.807) is 18.2 Å². The molecule has 2 heterocycles. The number of aromatic nitrogens is 4. The van der Waals surface area contributed by atoms with Crippen molar-refractivity contribution in [3.8, 4) is 11.4 Å². The zero-order chi connectivity index (χ0) is 28.0. The molecule has 0 bridgehead atoms. The molecule has 6 rings (SSSR count). The van der Waals surface area contributed by atoms with E-state index in [1.807, 2.05) is 0 Å². The number of nitrogens with zero attached hydrogens (tertiary/aromatic N) is 4. The van der Waals surface area contributed by atoms with Crippen LogP contribution in [0.15, 0.2) is 36.4 Å². The lowest BCUT2D eigenvalue weighted by Crippen LogP contribution is -2.34. The quantitative estimate of drug-likeness (QED) is 0.268. The summed E-state index contributed by atoms with van der Waals surface area (Å²) in [5.41, 5.74) is 0.370. The summed E-state index contributed by atoms with van der Waals surface area (Å²) in [6.45, 7) is -2.84. The van der Waals surface area contributed by atoms with Gasteiger partial charge in [-0.25, -0.2) is 18.9 Å².